The number of hydrogen-bond acceptors (Lipinski definition) is 4. The normalized spacial score (nSPS) is 21.3. The summed E-state index contributed by atoms with van der Waals surface area (Å²) in [6.07, 6.45) is -1.12. The Morgan fingerprint density at radius 1 is 0.757 bits per heavy atom. The van der Waals surface area contributed by atoms with Crippen LogP contribution in [0.2, 0.25) is 0 Å². The molecule has 2 heterocycles. The first kappa shape index (κ1) is 22.3. The van der Waals surface area contributed by atoms with Gasteiger partial charge in [0.05, 0.1) is 19.3 Å². The van der Waals surface area contributed by atoms with Crippen molar-refractivity contribution in [1.29, 1.82) is 0 Å². The van der Waals surface area contributed by atoms with Crippen molar-refractivity contribution in [2.45, 2.75) is 30.9 Å². The highest BCUT2D eigenvalue weighted by molar-refractivity contribution is 5.79. The molecule has 0 saturated carbocycles. The maximum atomic E-state index is 13.6. The van der Waals surface area contributed by atoms with E-state index in [0.717, 1.165) is 16.7 Å². The van der Waals surface area contributed by atoms with Crippen molar-refractivity contribution in [3.8, 4) is 11.1 Å². The predicted octanol–water partition coefficient (Wildman–Crippen LogP) is 6.61. The lowest BCUT2D eigenvalue weighted by Crippen LogP contribution is -2.46. The quantitative estimate of drug-likeness (QED) is 0.317. The van der Waals surface area contributed by atoms with Crippen LogP contribution in [0.25, 0.3) is 11.1 Å². The first-order valence-electron chi connectivity index (χ1n) is 12.8. The van der Waals surface area contributed by atoms with Gasteiger partial charge in [0.1, 0.15) is 12.7 Å². The number of amides is 1. The molecule has 3 atom stereocenters. The number of carbonyl (C=O) groups excluding carboxylic acids is 1. The van der Waals surface area contributed by atoms with E-state index in [2.05, 4.69) is 42.5 Å². The second-order valence-electron chi connectivity index (χ2n) is 9.81. The molecule has 4 aromatic carbocycles. The topological polar surface area (TPSA) is 48.0 Å². The maximum absolute atomic E-state index is 13.6. The Morgan fingerprint density at radius 3 is 2.05 bits per heavy atom. The summed E-state index contributed by atoms with van der Waals surface area (Å²) in [5, 5.41) is 0. The number of fused-ring (bicyclic) bond motifs is 7. The van der Waals surface area contributed by atoms with Crippen LogP contribution in [0, 0.1) is 0 Å². The summed E-state index contributed by atoms with van der Waals surface area (Å²) >= 11 is 0. The number of hydrogen-bond donors (Lipinski definition) is 0. The number of carbonyl (C=O) groups is 1. The second kappa shape index (κ2) is 9.18. The Bertz CT molecular complexity index is 1410. The van der Waals surface area contributed by atoms with Crippen LogP contribution in [-0.2, 0) is 20.8 Å². The van der Waals surface area contributed by atoms with Gasteiger partial charge in [0.25, 0.3) is 0 Å². The lowest BCUT2D eigenvalue weighted by Gasteiger charge is -2.38. The van der Waals surface area contributed by atoms with Gasteiger partial charge in [0.15, 0.2) is 6.23 Å². The van der Waals surface area contributed by atoms with Crippen LogP contribution >= 0.6 is 0 Å². The van der Waals surface area contributed by atoms with Crippen molar-refractivity contribution < 1.29 is 19.0 Å². The molecule has 0 radical (unpaired) electrons. The van der Waals surface area contributed by atoms with E-state index in [-0.39, 0.29) is 30.8 Å². The van der Waals surface area contributed by atoms with E-state index in [0.29, 0.717) is 13.2 Å². The van der Waals surface area contributed by atoms with E-state index in [1.165, 1.54) is 22.3 Å². The predicted molar refractivity (Wildman–Crippen MR) is 140 cm³/mol. The molecule has 0 aromatic heterocycles. The fourth-order valence-electron chi connectivity index (χ4n) is 6.06. The van der Waals surface area contributed by atoms with Crippen LogP contribution < -0.4 is 0 Å². The Morgan fingerprint density at radius 2 is 1.35 bits per heavy atom. The molecule has 7 rings (SSSR count). The number of rotatable bonds is 5. The fraction of sp³-hybridized carbons (Fsp3) is 0.219. The summed E-state index contributed by atoms with van der Waals surface area (Å²) in [6, 6.07) is 34.7. The van der Waals surface area contributed by atoms with Gasteiger partial charge in [-0.05, 0) is 33.4 Å². The van der Waals surface area contributed by atoms with Crippen molar-refractivity contribution in [3.63, 3.8) is 0 Å². The first-order valence-corrected chi connectivity index (χ1v) is 12.8. The lowest BCUT2D eigenvalue weighted by atomic mass is 9.92. The SMILES string of the molecule is O=C(OCC1c2ccccc2-c2ccccc21)N1[C@@H]2OC[C@H]1[C@H](OCc1ccccc1)c1ccccc12. The van der Waals surface area contributed by atoms with E-state index in [4.69, 9.17) is 14.2 Å². The zero-order valence-electron chi connectivity index (χ0n) is 20.3. The standard InChI is InChI=1S/C32H27NO4/c34-32(37-19-28-24-14-6-4-12-22(24)23-13-5-7-15-25(23)28)33-29-20-36-31(33)27-17-9-8-16-26(27)30(29)35-18-21-10-2-1-3-11-21/h1-17,28-31H,18-20H2/t29-,30+,31+/m0/s1. The highest BCUT2D eigenvalue weighted by Crippen LogP contribution is 2.48. The minimum Gasteiger partial charge on any atom is -0.448 e. The van der Waals surface area contributed by atoms with Crippen molar-refractivity contribution in [2.24, 2.45) is 0 Å². The van der Waals surface area contributed by atoms with Gasteiger partial charge >= 0.3 is 6.09 Å². The van der Waals surface area contributed by atoms with E-state index >= 15 is 0 Å². The summed E-state index contributed by atoms with van der Waals surface area (Å²) in [5.41, 5.74) is 7.95. The molecule has 4 aromatic rings. The van der Waals surface area contributed by atoms with Crippen LogP contribution in [0.15, 0.2) is 103 Å². The fourth-order valence-corrected chi connectivity index (χ4v) is 6.06. The Balaban J connectivity index is 1.14. The van der Waals surface area contributed by atoms with Crippen LogP contribution in [0.3, 0.4) is 0 Å². The van der Waals surface area contributed by atoms with Gasteiger partial charge in [-0.1, -0.05) is 103 Å². The average Bonchev–Trinajstić information content (AvgIpc) is 3.48. The molecule has 0 N–H and O–H groups in total. The molecule has 1 amide bonds. The Hall–Kier alpha value is -3.93. The van der Waals surface area contributed by atoms with E-state index in [1.807, 2.05) is 60.7 Å². The van der Waals surface area contributed by atoms with E-state index < -0.39 is 6.23 Å². The zero-order chi connectivity index (χ0) is 24.8. The van der Waals surface area contributed by atoms with Gasteiger partial charge in [0.2, 0.25) is 0 Å². The largest absolute Gasteiger partial charge is 0.448 e. The monoisotopic (exact) mass is 489 g/mol. The van der Waals surface area contributed by atoms with Crippen LogP contribution in [-0.4, -0.2) is 30.2 Å². The minimum atomic E-state index is -0.464. The van der Waals surface area contributed by atoms with Gasteiger partial charge in [-0.25, -0.2) is 4.79 Å². The molecule has 37 heavy (non-hydrogen) atoms. The summed E-state index contributed by atoms with van der Waals surface area (Å²) in [7, 11) is 0. The first-order chi connectivity index (χ1) is 18.3. The third-order valence-corrected chi connectivity index (χ3v) is 7.77. The third kappa shape index (κ3) is 3.74. The summed E-state index contributed by atoms with van der Waals surface area (Å²) in [4.78, 5) is 15.4. The molecule has 184 valence electrons. The van der Waals surface area contributed by atoms with E-state index in [1.54, 1.807) is 4.90 Å². The summed E-state index contributed by atoms with van der Waals surface area (Å²) in [5.74, 6) is 0.0112. The van der Waals surface area contributed by atoms with Crippen LogP contribution in [0.1, 0.15) is 46.1 Å². The molecule has 5 heteroatoms. The van der Waals surface area contributed by atoms with Gasteiger partial charge < -0.3 is 14.2 Å². The molecule has 1 fully saturated rings. The minimum absolute atomic E-state index is 0.0112. The van der Waals surface area contributed by atoms with Crippen molar-refractivity contribution in [2.75, 3.05) is 13.2 Å². The number of nitrogens with zero attached hydrogens (tertiary/aromatic N) is 1. The molecule has 1 aliphatic carbocycles. The summed E-state index contributed by atoms with van der Waals surface area (Å²) < 4.78 is 18.6. The van der Waals surface area contributed by atoms with Gasteiger partial charge in [-0.2, -0.15) is 0 Å². The molecular formula is C32H27NO4. The van der Waals surface area contributed by atoms with Crippen LogP contribution in [0.4, 0.5) is 4.79 Å². The highest BCUT2D eigenvalue weighted by Gasteiger charge is 2.50. The lowest BCUT2D eigenvalue weighted by molar-refractivity contribution is -0.0370. The van der Waals surface area contributed by atoms with Crippen molar-refractivity contribution >= 4 is 6.09 Å². The Labute approximate surface area is 216 Å². The number of benzene rings is 4. The average molecular weight is 490 g/mol. The smallest absolute Gasteiger partial charge is 0.412 e. The van der Waals surface area contributed by atoms with E-state index in [9.17, 15) is 4.79 Å². The molecule has 5 nitrogen and oxygen atoms in total. The van der Waals surface area contributed by atoms with Crippen molar-refractivity contribution in [1.82, 2.24) is 4.90 Å². The third-order valence-electron chi connectivity index (χ3n) is 7.77. The molecular weight excluding hydrogens is 462 g/mol. The molecule has 2 aliphatic heterocycles. The maximum Gasteiger partial charge on any atom is 0.412 e. The highest BCUT2D eigenvalue weighted by atomic mass is 16.6. The zero-order valence-corrected chi connectivity index (χ0v) is 20.3. The number of ether oxygens (including phenoxy) is 3. The molecule has 2 bridgehead atoms. The van der Waals surface area contributed by atoms with Gasteiger partial charge in [-0.15, -0.1) is 0 Å². The molecule has 0 unspecified atom stereocenters. The molecule has 1 saturated heterocycles. The molecule has 0 spiro atoms. The summed E-state index contributed by atoms with van der Waals surface area (Å²) in [6.45, 7) is 1.14. The van der Waals surface area contributed by atoms with Gasteiger partial charge in [0, 0.05) is 11.5 Å². The van der Waals surface area contributed by atoms with Crippen molar-refractivity contribution in [3.05, 3.63) is 131 Å². The molecule has 3 aliphatic rings. The Kier molecular flexibility index (Phi) is 5.53. The second-order valence-corrected chi connectivity index (χ2v) is 9.81. The van der Waals surface area contributed by atoms with Crippen LogP contribution in [0.5, 0.6) is 0 Å². The van der Waals surface area contributed by atoms with Gasteiger partial charge in [-0.3, -0.25) is 4.90 Å².